The summed E-state index contributed by atoms with van der Waals surface area (Å²) in [5.74, 6) is -0.146. The molecular weight excluding hydrogens is 367 g/mol. The molecule has 2 aliphatic rings. The minimum absolute atomic E-state index is 0.00676. The van der Waals surface area contributed by atoms with Crippen LogP contribution in [0.4, 0.5) is 10.1 Å². The summed E-state index contributed by atoms with van der Waals surface area (Å²) >= 11 is 6.07. The zero-order valence-corrected chi connectivity index (χ0v) is 15.6. The number of hydrogen-bond donors (Lipinski definition) is 2. The minimum atomic E-state index is -0.266. The molecule has 7 heteroatoms. The highest BCUT2D eigenvalue weighted by molar-refractivity contribution is 6.30. The lowest BCUT2D eigenvalue weighted by atomic mass is 10.0. The van der Waals surface area contributed by atoms with E-state index in [-0.39, 0.29) is 23.8 Å². The van der Waals surface area contributed by atoms with Crippen molar-refractivity contribution in [3.63, 3.8) is 0 Å². The van der Waals surface area contributed by atoms with Crippen LogP contribution in [0.5, 0.6) is 0 Å². The van der Waals surface area contributed by atoms with Gasteiger partial charge in [-0.05, 0) is 42.3 Å². The molecule has 27 heavy (non-hydrogen) atoms. The second kappa shape index (κ2) is 7.84. The molecule has 2 saturated heterocycles. The van der Waals surface area contributed by atoms with Gasteiger partial charge in [-0.2, -0.15) is 0 Å². The highest BCUT2D eigenvalue weighted by Crippen LogP contribution is 2.25. The highest BCUT2D eigenvalue weighted by Gasteiger charge is 2.34. The van der Waals surface area contributed by atoms with Gasteiger partial charge in [-0.15, -0.1) is 0 Å². The molecular formula is C20H22ClFN4O. The van der Waals surface area contributed by atoms with Gasteiger partial charge in [-0.3, -0.25) is 4.79 Å². The lowest BCUT2D eigenvalue weighted by molar-refractivity contribution is -0.133. The minimum Gasteiger partial charge on any atom is -0.368 e. The van der Waals surface area contributed by atoms with Crippen molar-refractivity contribution in [1.29, 1.82) is 0 Å². The molecule has 5 nitrogen and oxygen atoms in total. The van der Waals surface area contributed by atoms with Crippen LogP contribution >= 0.6 is 11.6 Å². The Morgan fingerprint density at radius 1 is 1.04 bits per heavy atom. The molecule has 2 aromatic rings. The molecule has 0 spiro atoms. The third kappa shape index (κ3) is 4.08. The van der Waals surface area contributed by atoms with E-state index in [1.807, 2.05) is 29.2 Å². The number of rotatable bonds is 3. The monoisotopic (exact) mass is 388 g/mol. The first-order valence-corrected chi connectivity index (χ1v) is 9.54. The Morgan fingerprint density at radius 3 is 2.48 bits per heavy atom. The summed E-state index contributed by atoms with van der Waals surface area (Å²) < 4.78 is 13.1. The molecule has 2 atom stereocenters. The van der Waals surface area contributed by atoms with Crippen LogP contribution in [-0.2, 0) is 4.79 Å². The molecule has 0 radical (unpaired) electrons. The van der Waals surface area contributed by atoms with Crippen molar-refractivity contribution in [3.05, 3.63) is 64.9 Å². The standard InChI is InChI=1S/C20H22ClFN4O/c21-15-2-1-3-17(12-15)25-8-10-26(11-9-25)20(27)19-13-18(23-24-19)14-4-6-16(22)7-5-14/h1-7,12,18-19,23-24H,8-11,13H2. The zero-order chi connectivity index (χ0) is 18.8. The van der Waals surface area contributed by atoms with E-state index in [9.17, 15) is 9.18 Å². The van der Waals surface area contributed by atoms with Crippen LogP contribution < -0.4 is 15.8 Å². The maximum Gasteiger partial charge on any atom is 0.241 e. The molecule has 1 amide bonds. The van der Waals surface area contributed by atoms with Crippen molar-refractivity contribution in [2.24, 2.45) is 0 Å². The normalized spacial score (nSPS) is 22.9. The average molecular weight is 389 g/mol. The number of anilines is 1. The fourth-order valence-electron chi connectivity index (χ4n) is 3.71. The molecule has 2 fully saturated rings. The molecule has 0 aromatic heterocycles. The maximum atomic E-state index is 13.1. The van der Waals surface area contributed by atoms with Crippen LogP contribution in [0.3, 0.4) is 0 Å². The Balaban J connectivity index is 1.32. The molecule has 2 aromatic carbocycles. The fraction of sp³-hybridized carbons (Fsp3) is 0.350. The summed E-state index contributed by atoms with van der Waals surface area (Å²) in [6, 6.07) is 13.9. The van der Waals surface area contributed by atoms with Crippen molar-refractivity contribution >= 4 is 23.2 Å². The van der Waals surface area contributed by atoms with E-state index in [0.29, 0.717) is 19.5 Å². The van der Waals surface area contributed by atoms with E-state index >= 15 is 0 Å². The quantitative estimate of drug-likeness (QED) is 0.848. The SMILES string of the molecule is O=C(C1CC(c2ccc(F)cc2)NN1)N1CCN(c2cccc(Cl)c2)CC1. The van der Waals surface area contributed by atoms with Gasteiger partial charge in [-0.25, -0.2) is 15.2 Å². The molecule has 2 N–H and O–H groups in total. The lowest BCUT2D eigenvalue weighted by Gasteiger charge is -2.37. The average Bonchev–Trinajstić information content (AvgIpc) is 3.18. The van der Waals surface area contributed by atoms with E-state index < -0.39 is 0 Å². The van der Waals surface area contributed by atoms with Gasteiger partial charge < -0.3 is 9.80 Å². The van der Waals surface area contributed by atoms with Gasteiger partial charge in [0.15, 0.2) is 0 Å². The summed E-state index contributed by atoms with van der Waals surface area (Å²) in [5, 5.41) is 0.721. The number of nitrogens with one attached hydrogen (secondary N) is 2. The summed E-state index contributed by atoms with van der Waals surface area (Å²) in [6.45, 7) is 2.94. The summed E-state index contributed by atoms with van der Waals surface area (Å²) in [5.41, 5.74) is 8.33. The van der Waals surface area contributed by atoms with Crippen LogP contribution in [0.15, 0.2) is 48.5 Å². The molecule has 0 bridgehead atoms. The highest BCUT2D eigenvalue weighted by atomic mass is 35.5. The van der Waals surface area contributed by atoms with Gasteiger partial charge in [0.2, 0.25) is 5.91 Å². The third-order valence-electron chi connectivity index (χ3n) is 5.24. The predicted molar refractivity (Wildman–Crippen MR) is 104 cm³/mol. The Hall–Kier alpha value is -2.15. The van der Waals surface area contributed by atoms with E-state index in [4.69, 9.17) is 11.6 Å². The van der Waals surface area contributed by atoms with Crippen molar-refractivity contribution in [3.8, 4) is 0 Å². The zero-order valence-electron chi connectivity index (χ0n) is 14.9. The van der Waals surface area contributed by atoms with Gasteiger partial charge in [0, 0.05) is 42.9 Å². The number of nitrogens with zero attached hydrogens (tertiary/aromatic N) is 2. The Bertz CT molecular complexity index is 808. The molecule has 0 saturated carbocycles. The summed E-state index contributed by atoms with van der Waals surface area (Å²) in [7, 11) is 0. The van der Waals surface area contributed by atoms with Crippen molar-refractivity contribution in [2.75, 3.05) is 31.1 Å². The maximum absolute atomic E-state index is 13.1. The van der Waals surface area contributed by atoms with E-state index in [1.165, 1.54) is 12.1 Å². The lowest BCUT2D eigenvalue weighted by Crippen LogP contribution is -2.53. The second-order valence-corrected chi connectivity index (χ2v) is 7.41. The van der Waals surface area contributed by atoms with Crippen molar-refractivity contribution in [2.45, 2.75) is 18.5 Å². The number of carbonyl (C=O) groups excluding carboxylic acids is 1. The smallest absolute Gasteiger partial charge is 0.241 e. The molecule has 142 valence electrons. The first-order chi connectivity index (χ1) is 13.1. The van der Waals surface area contributed by atoms with Gasteiger partial charge in [0.25, 0.3) is 0 Å². The molecule has 4 rings (SSSR count). The first kappa shape index (κ1) is 18.2. The van der Waals surface area contributed by atoms with Crippen molar-refractivity contribution < 1.29 is 9.18 Å². The Labute approximate surface area is 163 Å². The molecule has 2 aliphatic heterocycles. The number of amides is 1. The molecule has 2 unspecified atom stereocenters. The number of carbonyl (C=O) groups is 1. The van der Waals surface area contributed by atoms with E-state index in [1.54, 1.807) is 12.1 Å². The van der Waals surface area contributed by atoms with E-state index in [2.05, 4.69) is 15.8 Å². The van der Waals surface area contributed by atoms with Crippen LogP contribution in [0, 0.1) is 5.82 Å². The number of benzene rings is 2. The number of hydrogen-bond acceptors (Lipinski definition) is 4. The van der Waals surface area contributed by atoms with Crippen molar-refractivity contribution in [1.82, 2.24) is 15.8 Å². The summed E-state index contributed by atoms with van der Waals surface area (Å²) in [4.78, 5) is 17.0. The Morgan fingerprint density at radius 2 is 1.78 bits per heavy atom. The van der Waals surface area contributed by atoms with Crippen LogP contribution in [-0.4, -0.2) is 43.0 Å². The first-order valence-electron chi connectivity index (χ1n) is 9.16. The second-order valence-electron chi connectivity index (χ2n) is 6.97. The van der Waals surface area contributed by atoms with E-state index in [0.717, 1.165) is 29.4 Å². The topological polar surface area (TPSA) is 47.6 Å². The van der Waals surface area contributed by atoms with Crippen LogP contribution in [0.1, 0.15) is 18.0 Å². The Kier molecular flexibility index (Phi) is 5.29. The van der Waals surface area contributed by atoms with Gasteiger partial charge >= 0.3 is 0 Å². The largest absolute Gasteiger partial charge is 0.368 e. The number of piperazine rings is 1. The van der Waals surface area contributed by atoms with Crippen LogP contribution in [0.25, 0.3) is 0 Å². The van der Waals surface area contributed by atoms with Crippen LogP contribution in [0.2, 0.25) is 5.02 Å². The van der Waals surface area contributed by atoms with Gasteiger partial charge in [0.05, 0.1) is 0 Å². The number of hydrazine groups is 1. The third-order valence-corrected chi connectivity index (χ3v) is 5.47. The summed E-state index contributed by atoms with van der Waals surface area (Å²) in [6.07, 6.45) is 0.652. The fourth-order valence-corrected chi connectivity index (χ4v) is 3.89. The predicted octanol–water partition coefficient (Wildman–Crippen LogP) is 2.74. The van der Waals surface area contributed by atoms with Gasteiger partial charge in [0.1, 0.15) is 11.9 Å². The number of halogens is 2. The molecule has 0 aliphatic carbocycles. The van der Waals surface area contributed by atoms with Gasteiger partial charge in [-0.1, -0.05) is 29.8 Å². The molecule has 2 heterocycles.